The molecule has 0 aliphatic heterocycles. The molecular weight excluding hydrogens is 386 g/mol. The van der Waals surface area contributed by atoms with Crippen molar-refractivity contribution in [3.8, 4) is 11.5 Å². The first kappa shape index (κ1) is 23.2. The minimum absolute atomic E-state index is 0.0986. The molecule has 30 heavy (non-hydrogen) atoms. The minimum Gasteiger partial charge on any atom is -0.497 e. The van der Waals surface area contributed by atoms with Gasteiger partial charge in [-0.05, 0) is 45.0 Å². The van der Waals surface area contributed by atoms with Gasteiger partial charge < -0.3 is 23.5 Å². The Balaban J connectivity index is 2.02. The largest absolute Gasteiger partial charge is 0.497 e. The predicted octanol–water partition coefficient (Wildman–Crippen LogP) is 3.77. The van der Waals surface area contributed by atoms with Crippen LogP contribution in [0.15, 0.2) is 30.3 Å². The summed E-state index contributed by atoms with van der Waals surface area (Å²) in [5.74, 6) is 0.354. The molecule has 1 heterocycles. The molecule has 1 aromatic carbocycles. The first-order valence-corrected chi connectivity index (χ1v) is 9.59. The molecule has 0 amide bonds. The molecule has 2 aromatic rings. The van der Waals surface area contributed by atoms with Crippen LogP contribution in [-0.2, 0) is 14.3 Å². The first-order valence-electron chi connectivity index (χ1n) is 9.59. The van der Waals surface area contributed by atoms with Crippen molar-refractivity contribution in [1.82, 2.24) is 4.57 Å². The van der Waals surface area contributed by atoms with E-state index in [1.807, 2.05) is 26.8 Å². The lowest BCUT2D eigenvalue weighted by Crippen LogP contribution is -2.16. The number of hydrogen-bond acceptors (Lipinski definition) is 6. The Morgan fingerprint density at radius 3 is 2.47 bits per heavy atom. The van der Waals surface area contributed by atoms with Crippen LogP contribution in [0.5, 0.6) is 11.5 Å². The summed E-state index contributed by atoms with van der Waals surface area (Å²) in [6.07, 6.45) is 2.84. The zero-order valence-corrected chi connectivity index (χ0v) is 18.4. The second-order valence-corrected chi connectivity index (χ2v) is 6.93. The van der Waals surface area contributed by atoms with Crippen LogP contribution < -0.4 is 9.47 Å². The van der Waals surface area contributed by atoms with E-state index >= 15 is 0 Å². The Kier molecular flexibility index (Phi) is 8.24. The van der Waals surface area contributed by atoms with E-state index in [0.29, 0.717) is 29.2 Å². The van der Waals surface area contributed by atoms with Crippen molar-refractivity contribution in [3.05, 3.63) is 52.9 Å². The topological polar surface area (TPSA) is 76.0 Å². The molecule has 1 aromatic heterocycles. The van der Waals surface area contributed by atoms with Crippen LogP contribution in [0.1, 0.15) is 40.3 Å². The molecule has 0 aliphatic rings. The number of aryl methyl sites for hydroxylation is 1. The maximum atomic E-state index is 12.6. The fraction of sp³-hybridized carbons (Fsp3) is 0.391. The number of nitrogens with zero attached hydrogens (tertiary/aromatic N) is 1. The zero-order chi connectivity index (χ0) is 22.3. The van der Waals surface area contributed by atoms with Gasteiger partial charge in [-0.3, -0.25) is 4.79 Å². The van der Waals surface area contributed by atoms with Crippen LogP contribution in [0.3, 0.4) is 0 Å². The Morgan fingerprint density at radius 1 is 1.10 bits per heavy atom. The van der Waals surface area contributed by atoms with Crippen molar-refractivity contribution in [2.75, 3.05) is 34.5 Å². The molecule has 0 radical (unpaired) electrons. The van der Waals surface area contributed by atoms with Gasteiger partial charge in [0.25, 0.3) is 0 Å². The molecule has 7 nitrogen and oxygen atoms in total. The third-order valence-corrected chi connectivity index (χ3v) is 4.82. The third-order valence-electron chi connectivity index (χ3n) is 4.82. The second-order valence-electron chi connectivity index (χ2n) is 6.93. The number of rotatable bonds is 10. The standard InChI is InChI=1S/C23H29NO6/c1-15-11-20(17(3)24(15)16(2)13-27-4)21(25)14-30-23(26)10-8-18-7-9-19(28-5)12-22(18)29-6/h7-12,16H,13-14H2,1-6H3/b10-8+. The van der Waals surface area contributed by atoms with Gasteiger partial charge in [-0.25, -0.2) is 4.79 Å². The molecule has 162 valence electrons. The van der Waals surface area contributed by atoms with E-state index in [-0.39, 0.29) is 18.4 Å². The Bertz CT molecular complexity index is 928. The van der Waals surface area contributed by atoms with Gasteiger partial charge in [-0.15, -0.1) is 0 Å². The molecule has 0 spiro atoms. The highest BCUT2D eigenvalue weighted by Crippen LogP contribution is 2.25. The summed E-state index contributed by atoms with van der Waals surface area (Å²) in [7, 11) is 4.74. The SMILES string of the molecule is COCC(C)n1c(C)cc(C(=O)COC(=O)/C=C/c2ccc(OC)cc2OC)c1C. The maximum absolute atomic E-state index is 12.6. The summed E-state index contributed by atoms with van der Waals surface area (Å²) in [4.78, 5) is 24.7. The summed E-state index contributed by atoms with van der Waals surface area (Å²) in [5, 5.41) is 0. The molecule has 1 atom stereocenters. The molecule has 0 N–H and O–H groups in total. The van der Waals surface area contributed by atoms with Gasteiger partial charge in [0.1, 0.15) is 11.5 Å². The number of carbonyl (C=O) groups is 2. The summed E-state index contributed by atoms with van der Waals surface area (Å²) in [6.45, 7) is 6.05. The van der Waals surface area contributed by atoms with Crippen LogP contribution in [0.25, 0.3) is 6.08 Å². The molecular formula is C23H29NO6. The lowest BCUT2D eigenvalue weighted by molar-refractivity contribution is -0.136. The lowest BCUT2D eigenvalue weighted by atomic mass is 10.1. The number of methoxy groups -OCH3 is 3. The summed E-state index contributed by atoms with van der Waals surface area (Å²) in [6, 6.07) is 7.16. The number of benzene rings is 1. The number of carbonyl (C=O) groups excluding carboxylic acids is 2. The molecule has 1 unspecified atom stereocenters. The van der Waals surface area contributed by atoms with Gasteiger partial charge in [-0.1, -0.05) is 0 Å². The fourth-order valence-corrected chi connectivity index (χ4v) is 3.43. The zero-order valence-electron chi connectivity index (χ0n) is 18.4. The predicted molar refractivity (Wildman–Crippen MR) is 114 cm³/mol. The monoisotopic (exact) mass is 415 g/mol. The Hall–Kier alpha value is -3.06. The Morgan fingerprint density at radius 2 is 1.83 bits per heavy atom. The van der Waals surface area contributed by atoms with Gasteiger partial charge in [0.05, 0.1) is 26.9 Å². The van der Waals surface area contributed by atoms with Crippen molar-refractivity contribution < 1.29 is 28.5 Å². The van der Waals surface area contributed by atoms with Crippen molar-refractivity contribution in [1.29, 1.82) is 0 Å². The minimum atomic E-state index is -0.609. The smallest absolute Gasteiger partial charge is 0.331 e. The van der Waals surface area contributed by atoms with Crippen LogP contribution in [0.4, 0.5) is 0 Å². The van der Waals surface area contributed by atoms with E-state index in [9.17, 15) is 9.59 Å². The summed E-state index contributed by atoms with van der Waals surface area (Å²) >= 11 is 0. The quantitative estimate of drug-likeness (QED) is 0.334. The van der Waals surface area contributed by atoms with Gasteiger partial charge >= 0.3 is 5.97 Å². The van der Waals surface area contributed by atoms with E-state index in [1.54, 1.807) is 38.5 Å². The van der Waals surface area contributed by atoms with Crippen molar-refractivity contribution in [2.24, 2.45) is 0 Å². The van der Waals surface area contributed by atoms with Crippen LogP contribution in [0, 0.1) is 13.8 Å². The van der Waals surface area contributed by atoms with Crippen molar-refractivity contribution in [3.63, 3.8) is 0 Å². The van der Waals surface area contributed by atoms with Gasteiger partial charge in [-0.2, -0.15) is 0 Å². The van der Waals surface area contributed by atoms with E-state index < -0.39 is 5.97 Å². The van der Waals surface area contributed by atoms with Crippen LogP contribution in [0.2, 0.25) is 0 Å². The molecule has 0 saturated heterocycles. The van der Waals surface area contributed by atoms with Crippen molar-refractivity contribution in [2.45, 2.75) is 26.8 Å². The van der Waals surface area contributed by atoms with E-state index in [2.05, 4.69) is 4.57 Å². The van der Waals surface area contributed by atoms with Crippen LogP contribution in [-0.4, -0.2) is 50.9 Å². The van der Waals surface area contributed by atoms with Gasteiger partial charge in [0.2, 0.25) is 5.78 Å². The van der Waals surface area contributed by atoms with E-state index in [0.717, 1.165) is 11.4 Å². The number of ketones is 1. The Labute approximate surface area is 177 Å². The van der Waals surface area contributed by atoms with E-state index in [4.69, 9.17) is 18.9 Å². The molecule has 0 bridgehead atoms. The fourth-order valence-electron chi connectivity index (χ4n) is 3.43. The highest BCUT2D eigenvalue weighted by molar-refractivity contribution is 6.00. The summed E-state index contributed by atoms with van der Waals surface area (Å²) in [5.41, 5.74) is 3.02. The average molecular weight is 415 g/mol. The molecule has 0 aliphatic carbocycles. The normalized spacial score (nSPS) is 12.1. The molecule has 0 fully saturated rings. The van der Waals surface area contributed by atoms with Crippen molar-refractivity contribution >= 4 is 17.8 Å². The van der Waals surface area contributed by atoms with Gasteiger partial charge in [0, 0.05) is 41.8 Å². The number of esters is 1. The van der Waals surface area contributed by atoms with Gasteiger partial charge in [0.15, 0.2) is 6.61 Å². The highest BCUT2D eigenvalue weighted by atomic mass is 16.5. The number of ether oxygens (including phenoxy) is 4. The summed E-state index contributed by atoms with van der Waals surface area (Å²) < 4.78 is 22.8. The molecule has 0 saturated carbocycles. The number of Topliss-reactive ketones (excluding diaryl/α,β-unsaturated/α-hetero) is 1. The second kappa shape index (κ2) is 10.6. The van der Waals surface area contributed by atoms with Crippen LogP contribution >= 0.6 is 0 Å². The number of hydrogen-bond donors (Lipinski definition) is 0. The molecule has 2 rings (SSSR count). The number of aromatic nitrogens is 1. The first-order chi connectivity index (χ1) is 14.3. The molecule has 7 heteroatoms. The lowest BCUT2D eigenvalue weighted by Gasteiger charge is -2.17. The highest BCUT2D eigenvalue weighted by Gasteiger charge is 2.19. The average Bonchev–Trinajstić information content (AvgIpc) is 3.04. The third kappa shape index (κ3) is 5.51. The van der Waals surface area contributed by atoms with E-state index in [1.165, 1.54) is 13.2 Å². The maximum Gasteiger partial charge on any atom is 0.331 e.